The molecule has 8 heteroatoms. The molecular formula is C21H21ClN2O5. The molecule has 1 atom stereocenters. The standard InChI is InChI=1S/C21H21ClN2O5/c1-12-18(20(25)29-11-13-4-7-15(27-2)8-5-13)19(24-21(26)23-12)14-6-9-17(28-3)16(22)10-14/h4-10,19H,11H2,1-3H3,(H2,23,24,26)/t19-/m1/s1. The smallest absolute Gasteiger partial charge is 0.338 e. The highest BCUT2D eigenvalue weighted by molar-refractivity contribution is 6.32. The Morgan fingerprint density at radius 3 is 2.45 bits per heavy atom. The van der Waals surface area contributed by atoms with E-state index in [1.165, 1.54) is 7.11 Å². The number of esters is 1. The van der Waals surface area contributed by atoms with E-state index in [4.69, 9.17) is 25.8 Å². The van der Waals surface area contributed by atoms with Gasteiger partial charge in [-0.3, -0.25) is 0 Å². The average Bonchev–Trinajstić information content (AvgIpc) is 2.71. The van der Waals surface area contributed by atoms with Crippen molar-refractivity contribution in [1.29, 1.82) is 0 Å². The number of amides is 2. The molecule has 29 heavy (non-hydrogen) atoms. The van der Waals surface area contributed by atoms with Crippen LogP contribution >= 0.6 is 11.6 Å². The Kier molecular flexibility index (Phi) is 6.29. The summed E-state index contributed by atoms with van der Waals surface area (Å²) in [6.45, 7) is 1.74. The van der Waals surface area contributed by atoms with E-state index in [-0.39, 0.29) is 6.61 Å². The van der Waals surface area contributed by atoms with Crippen molar-refractivity contribution in [3.63, 3.8) is 0 Å². The van der Waals surface area contributed by atoms with Crippen molar-refractivity contribution in [1.82, 2.24) is 10.6 Å². The van der Waals surface area contributed by atoms with Crippen LogP contribution in [0.3, 0.4) is 0 Å². The molecule has 1 aliphatic rings. The van der Waals surface area contributed by atoms with Crippen LogP contribution in [-0.4, -0.2) is 26.2 Å². The van der Waals surface area contributed by atoms with Crippen LogP contribution in [0.15, 0.2) is 53.7 Å². The Morgan fingerprint density at radius 2 is 1.83 bits per heavy atom. The number of halogens is 1. The van der Waals surface area contributed by atoms with E-state index in [1.54, 1.807) is 44.4 Å². The number of nitrogens with one attached hydrogen (secondary N) is 2. The SMILES string of the molecule is COc1ccc(COC(=O)C2=C(C)NC(=O)N[C@@H]2c2ccc(OC)c(Cl)c2)cc1. The number of allylic oxidation sites excluding steroid dienone is 1. The molecule has 7 nitrogen and oxygen atoms in total. The lowest BCUT2D eigenvalue weighted by Gasteiger charge is -2.28. The molecule has 0 radical (unpaired) electrons. The van der Waals surface area contributed by atoms with Gasteiger partial charge in [0.05, 0.1) is 30.9 Å². The summed E-state index contributed by atoms with van der Waals surface area (Å²) in [6.07, 6.45) is 0. The first kappa shape index (κ1) is 20.5. The molecule has 3 rings (SSSR count). The number of urea groups is 1. The van der Waals surface area contributed by atoms with Crippen molar-refractivity contribution in [2.24, 2.45) is 0 Å². The van der Waals surface area contributed by atoms with Gasteiger partial charge in [0.1, 0.15) is 18.1 Å². The molecule has 1 heterocycles. The molecule has 0 aliphatic carbocycles. The van der Waals surface area contributed by atoms with Crippen molar-refractivity contribution in [3.05, 3.63) is 69.9 Å². The first-order chi connectivity index (χ1) is 13.9. The molecule has 2 aromatic rings. The van der Waals surface area contributed by atoms with E-state index in [2.05, 4.69) is 10.6 Å². The van der Waals surface area contributed by atoms with Gasteiger partial charge in [0.2, 0.25) is 0 Å². The summed E-state index contributed by atoms with van der Waals surface area (Å²) in [6, 6.07) is 11.2. The number of benzene rings is 2. The number of ether oxygens (including phenoxy) is 3. The Hall–Kier alpha value is -3.19. The first-order valence-corrected chi connectivity index (χ1v) is 9.22. The van der Waals surface area contributed by atoms with E-state index in [0.717, 1.165) is 5.56 Å². The summed E-state index contributed by atoms with van der Waals surface area (Å²) in [7, 11) is 3.10. The minimum absolute atomic E-state index is 0.0869. The summed E-state index contributed by atoms with van der Waals surface area (Å²) in [5.41, 5.74) is 2.18. The van der Waals surface area contributed by atoms with Gasteiger partial charge in [0.25, 0.3) is 0 Å². The van der Waals surface area contributed by atoms with Crippen LogP contribution < -0.4 is 20.1 Å². The van der Waals surface area contributed by atoms with Crippen LogP contribution in [0, 0.1) is 0 Å². The van der Waals surface area contributed by atoms with E-state index < -0.39 is 18.0 Å². The normalized spacial score (nSPS) is 16.0. The van der Waals surface area contributed by atoms with Crippen LogP contribution in [0.1, 0.15) is 24.1 Å². The second-order valence-corrected chi connectivity index (χ2v) is 6.80. The molecule has 0 spiro atoms. The highest BCUT2D eigenvalue weighted by Crippen LogP contribution is 2.33. The predicted molar refractivity (Wildman–Crippen MR) is 108 cm³/mol. The number of methoxy groups -OCH3 is 2. The summed E-state index contributed by atoms with van der Waals surface area (Å²) >= 11 is 6.22. The number of hydrogen-bond acceptors (Lipinski definition) is 5. The second-order valence-electron chi connectivity index (χ2n) is 6.39. The number of rotatable bonds is 6. The van der Waals surface area contributed by atoms with Crippen LogP contribution in [0.25, 0.3) is 0 Å². The minimum atomic E-state index is -0.699. The average molecular weight is 417 g/mol. The Labute approximate surface area is 173 Å². The summed E-state index contributed by atoms with van der Waals surface area (Å²) < 4.78 is 15.8. The highest BCUT2D eigenvalue weighted by Gasteiger charge is 2.32. The summed E-state index contributed by atoms with van der Waals surface area (Å²) in [4.78, 5) is 24.8. The predicted octanol–water partition coefficient (Wildman–Crippen LogP) is 3.73. The first-order valence-electron chi connectivity index (χ1n) is 8.84. The van der Waals surface area contributed by atoms with Crippen molar-refractivity contribution < 1.29 is 23.8 Å². The van der Waals surface area contributed by atoms with Crippen LogP contribution in [0.4, 0.5) is 4.79 Å². The lowest BCUT2D eigenvalue weighted by molar-refractivity contribution is -0.140. The third-order valence-electron chi connectivity index (χ3n) is 4.53. The van der Waals surface area contributed by atoms with Gasteiger partial charge in [-0.25, -0.2) is 9.59 Å². The van der Waals surface area contributed by atoms with Crippen molar-refractivity contribution >= 4 is 23.6 Å². The van der Waals surface area contributed by atoms with E-state index in [9.17, 15) is 9.59 Å². The van der Waals surface area contributed by atoms with Gasteiger partial charge < -0.3 is 24.8 Å². The zero-order valence-electron chi connectivity index (χ0n) is 16.2. The lowest BCUT2D eigenvalue weighted by Crippen LogP contribution is -2.45. The van der Waals surface area contributed by atoms with Gasteiger partial charge in [-0.2, -0.15) is 0 Å². The van der Waals surface area contributed by atoms with Gasteiger partial charge in [-0.15, -0.1) is 0 Å². The molecule has 2 aromatic carbocycles. The zero-order chi connectivity index (χ0) is 21.0. The van der Waals surface area contributed by atoms with Gasteiger partial charge in [0.15, 0.2) is 0 Å². The fraction of sp³-hybridized carbons (Fsp3) is 0.238. The molecule has 0 unspecified atom stereocenters. The van der Waals surface area contributed by atoms with E-state index >= 15 is 0 Å². The van der Waals surface area contributed by atoms with Gasteiger partial charge in [0, 0.05) is 5.70 Å². The molecule has 2 amide bonds. The summed E-state index contributed by atoms with van der Waals surface area (Å²) in [5.74, 6) is 0.678. The Bertz CT molecular complexity index is 956. The van der Waals surface area contributed by atoms with Crippen molar-refractivity contribution in [2.45, 2.75) is 19.6 Å². The molecule has 152 valence electrons. The fourth-order valence-electron chi connectivity index (χ4n) is 3.03. The number of carbonyl (C=O) groups excluding carboxylic acids is 2. The maximum Gasteiger partial charge on any atom is 0.338 e. The maximum atomic E-state index is 12.8. The molecular weight excluding hydrogens is 396 g/mol. The van der Waals surface area contributed by atoms with Gasteiger partial charge >= 0.3 is 12.0 Å². The molecule has 1 aliphatic heterocycles. The van der Waals surface area contributed by atoms with Crippen LogP contribution in [0.5, 0.6) is 11.5 Å². The summed E-state index contributed by atoms with van der Waals surface area (Å²) in [5, 5.41) is 5.74. The Balaban J connectivity index is 1.82. The molecule has 0 bridgehead atoms. The molecule has 0 fully saturated rings. The molecule has 0 saturated heterocycles. The fourth-order valence-corrected chi connectivity index (χ4v) is 3.29. The molecule has 0 saturated carbocycles. The quantitative estimate of drug-likeness (QED) is 0.701. The lowest BCUT2D eigenvalue weighted by atomic mass is 9.95. The monoisotopic (exact) mass is 416 g/mol. The number of carbonyl (C=O) groups is 2. The van der Waals surface area contributed by atoms with Crippen LogP contribution in [-0.2, 0) is 16.1 Å². The van der Waals surface area contributed by atoms with Crippen molar-refractivity contribution in [3.8, 4) is 11.5 Å². The molecule has 2 N–H and O–H groups in total. The third kappa shape index (κ3) is 4.63. The van der Waals surface area contributed by atoms with E-state index in [1.807, 2.05) is 12.1 Å². The third-order valence-corrected chi connectivity index (χ3v) is 4.82. The van der Waals surface area contributed by atoms with E-state index in [0.29, 0.717) is 33.4 Å². The van der Waals surface area contributed by atoms with Crippen LogP contribution in [0.2, 0.25) is 5.02 Å². The highest BCUT2D eigenvalue weighted by atomic mass is 35.5. The minimum Gasteiger partial charge on any atom is -0.497 e. The Morgan fingerprint density at radius 1 is 1.10 bits per heavy atom. The number of hydrogen-bond donors (Lipinski definition) is 2. The van der Waals surface area contributed by atoms with Gasteiger partial charge in [-0.1, -0.05) is 29.8 Å². The van der Waals surface area contributed by atoms with Gasteiger partial charge in [-0.05, 0) is 42.3 Å². The second kappa shape index (κ2) is 8.87. The maximum absolute atomic E-state index is 12.8. The molecule has 0 aromatic heterocycles. The zero-order valence-corrected chi connectivity index (χ0v) is 17.0. The topological polar surface area (TPSA) is 85.9 Å². The largest absolute Gasteiger partial charge is 0.497 e. The van der Waals surface area contributed by atoms with Crippen molar-refractivity contribution in [2.75, 3.05) is 14.2 Å².